The molecule has 0 saturated heterocycles. The zero-order valence-electron chi connectivity index (χ0n) is 13.6. The molecule has 0 fully saturated rings. The van der Waals surface area contributed by atoms with Crippen molar-refractivity contribution in [3.8, 4) is 5.75 Å². The maximum Gasteiger partial charge on any atom is 0.275 e. The molecule has 134 valence electrons. The highest BCUT2D eigenvalue weighted by molar-refractivity contribution is 14.2. The summed E-state index contributed by atoms with van der Waals surface area (Å²) in [7, 11) is 0. The van der Waals surface area contributed by atoms with Crippen LogP contribution in [0.15, 0.2) is 54.7 Å². The summed E-state index contributed by atoms with van der Waals surface area (Å²) in [6.07, 6.45) is 2.75. The lowest BCUT2D eigenvalue weighted by molar-refractivity contribution is 0.0795. The molecule has 3 rings (SSSR count). The maximum absolute atomic E-state index is 12.0. The number of rotatable bonds is 8. The Morgan fingerprint density at radius 1 is 1.23 bits per heavy atom. The first-order valence-corrected chi connectivity index (χ1v) is 11.8. The average Bonchev–Trinajstić information content (AvgIpc) is 3.08. The molecule has 1 heterocycles. The van der Waals surface area contributed by atoms with E-state index in [2.05, 4.69) is 5.48 Å². The van der Waals surface area contributed by atoms with Crippen molar-refractivity contribution in [1.82, 2.24) is 10.0 Å². The van der Waals surface area contributed by atoms with Gasteiger partial charge >= 0.3 is 0 Å². The number of nitrogens with zero attached hydrogens (tertiary/aromatic N) is 1. The van der Waals surface area contributed by atoms with Crippen LogP contribution in [0.1, 0.15) is 20.7 Å². The van der Waals surface area contributed by atoms with Crippen molar-refractivity contribution in [3.05, 3.63) is 65.9 Å². The normalized spacial score (nSPS) is 11.1. The summed E-state index contributed by atoms with van der Waals surface area (Å²) in [4.78, 5) is 22.9. The summed E-state index contributed by atoms with van der Waals surface area (Å²) in [6, 6.07) is 14.5. The number of aromatic nitrogens is 1. The van der Waals surface area contributed by atoms with E-state index in [1.807, 2.05) is 57.1 Å². The van der Waals surface area contributed by atoms with Gasteiger partial charge in [0.1, 0.15) is 25.1 Å². The van der Waals surface area contributed by atoms with Crippen molar-refractivity contribution in [1.29, 1.82) is 0 Å². The molecule has 1 aromatic heterocycles. The smallest absolute Gasteiger partial charge is 0.275 e. The standard InChI is InChI=1S/C18H16IN2O4P/c19-26-25-20-18(23)15-5-4-14-6-7-21(17(14)11-15)8-9-24-16-3-1-2-13(10-16)12-22/h1-7,10-12,26H,8-9H2,(H,20,23). The predicted molar refractivity (Wildman–Crippen MR) is 110 cm³/mol. The van der Waals surface area contributed by atoms with Gasteiger partial charge in [0.05, 0.1) is 6.54 Å². The topological polar surface area (TPSA) is 69.6 Å². The van der Waals surface area contributed by atoms with Crippen LogP contribution in [0, 0.1) is 0 Å². The Labute approximate surface area is 165 Å². The van der Waals surface area contributed by atoms with Gasteiger partial charge in [0, 0.05) is 22.8 Å². The Morgan fingerprint density at radius 2 is 2.12 bits per heavy atom. The highest BCUT2D eigenvalue weighted by Crippen LogP contribution is 2.21. The van der Waals surface area contributed by atoms with Crippen LogP contribution in [-0.4, -0.2) is 23.4 Å². The minimum atomic E-state index is -0.272. The molecular weight excluding hydrogens is 466 g/mol. The Bertz CT molecular complexity index is 928. The molecular formula is C18H16IN2O4P. The van der Waals surface area contributed by atoms with Crippen LogP contribution >= 0.6 is 28.5 Å². The van der Waals surface area contributed by atoms with E-state index in [0.29, 0.717) is 30.0 Å². The number of amides is 1. The Balaban J connectivity index is 1.69. The molecule has 1 atom stereocenters. The van der Waals surface area contributed by atoms with Crippen LogP contribution in [0.3, 0.4) is 0 Å². The molecule has 0 spiro atoms. The molecule has 3 aromatic rings. The van der Waals surface area contributed by atoms with Gasteiger partial charge in [-0.3, -0.25) is 9.59 Å². The van der Waals surface area contributed by atoms with Crippen LogP contribution in [0.25, 0.3) is 10.9 Å². The number of halogens is 1. The SMILES string of the molecule is O=Cc1cccc(OCCn2ccc3ccc(C(=O)NOPI)cc32)c1. The summed E-state index contributed by atoms with van der Waals surface area (Å²) in [5, 5.41) is 1.04. The third kappa shape index (κ3) is 4.60. The fraction of sp³-hybridized carbons (Fsp3) is 0.111. The van der Waals surface area contributed by atoms with Gasteiger partial charge in [0.15, 0.2) is 0 Å². The Morgan fingerprint density at radius 3 is 2.92 bits per heavy atom. The number of ether oxygens (including phenoxy) is 1. The van der Waals surface area contributed by atoms with E-state index in [9.17, 15) is 9.59 Å². The van der Waals surface area contributed by atoms with E-state index in [-0.39, 0.29) is 12.4 Å². The lowest BCUT2D eigenvalue weighted by Crippen LogP contribution is -2.20. The van der Waals surface area contributed by atoms with Gasteiger partial charge in [-0.1, -0.05) is 18.2 Å². The lowest BCUT2D eigenvalue weighted by atomic mass is 10.1. The summed E-state index contributed by atoms with van der Waals surface area (Å²) in [5.41, 5.74) is 4.46. The quantitative estimate of drug-likeness (QED) is 0.227. The van der Waals surface area contributed by atoms with Crippen molar-refractivity contribution < 1.29 is 19.0 Å². The molecule has 0 bridgehead atoms. The van der Waals surface area contributed by atoms with Crippen LogP contribution in [0.5, 0.6) is 5.75 Å². The zero-order chi connectivity index (χ0) is 18.4. The molecule has 2 aromatic carbocycles. The van der Waals surface area contributed by atoms with E-state index in [1.54, 1.807) is 24.3 Å². The van der Waals surface area contributed by atoms with E-state index in [1.165, 1.54) is 0 Å². The summed E-state index contributed by atoms with van der Waals surface area (Å²) < 4.78 is 12.7. The Kier molecular flexibility index (Phi) is 6.60. The van der Waals surface area contributed by atoms with Gasteiger partial charge in [-0.05, 0) is 57.8 Å². The van der Waals surface area contributed by atoms with Crippen molar-refractivity contribution >= 4 is 51.6 Å². The number of aldehydes is 1. The molecule has 0 aliphatic carbocycles. The molecule has 0 saturated carbocycles. The van der Waals surface area contributed by atoms with E-state index < -0.39 is 0 Å². The third-order valence-electron chi connectivity index (χ3n) is 3.81. The monoisotopic (exact) mass is 482 g/mol. The molecule has 0 radical (unpaired) electrons. The van der Waals surface area contributed by atoms with Crippen LogP contribution in [-0.2, 0) is 11.2 Å². The van der Waals surface area contributed by atoms with E-state index in [4.69, 9.17) is 9.36 Å². The molecule has 6 nitrogen and oxygen atoms in total. The number of hydroxylamine groups is 1. The highest BCUT2D eigenvalue weighted by Gasteiger charge is 2.09. The van der Waals surface area contributed by atoms with Crippen LogP contribution < -0.4 is 10.2 Å². The fourth-order valence-corrected chi connectivity index (χ4v) is 3.05. The molecule has 26 heavy (non-hydrogen) atoms. The zero-order valence-corrected chi connectivity index (χ0v) is 16.8. The van der Waals surface area contributed by atoms with Crippen molar-refractivity contribution in [2.45, 2.75) is 6.54 Å². The van der Waals surface area contributed by atoms with Gasteiger partial charge in [0.2, 0.25) is 0 Å². The first-order chi connectivity index (χ1) is 12.7. The van der Waals surface area contributed by atoms with Crippen molar-refractivity contribution in [3.63, 3.8) is 0 Å². The fourth-order valence-electron chi connectivity index (χ4n) is 2.58. The summed E-state index contributed by atoms with van der Waals surface area (Å²) >= 11 is 2.04. The van der Waals surface area contributed by atoms with Gasteiger partial charge in [-0.2, -0.15) is 0 Å². The maximum atomic E-state index is 12.0. The largest absolute Gasteiger partial charge is 0.492 e. The first kappa shape index (κ1) is 18.8. The summed E-state index contributed by atoms with van der Waals surface area (Å²) in [5.74, 6) is 0.383. The molecule has 1 unspecified atom stereocenters. The number of carbonyl (C=O) groups is 2. The number of carbonyl (C=O) groups excluding carboxylic acids is 2. The third-order valence-corrected chi connectivity index (χ3v) is 4.65. The second-order valence-corrected chi connectivity index (χ2v) is 7.11. The molecule has 1 N–H and O–H groups in total. The average molecular weight is 482 g/mol. The van der Waals surface area contributed by atoms with Gasteiger partial charge < -0.3 is 9.30 Å². The number of fused-ring (bicyclic) bond motifs is 1. The number of hydrogen-bond donors (Lipinski definition) is 1. The molecule has 1 amide bonds. The summed E-state index contributed by atoms with van der Waals surface area (Å²) in [6.45, 7) is 1.22. The lowest BCUT2D eigenvalue weighted by Gasteiger charge is -2.09. The predicted octanol–water partition coefficient (Wildman–Crippen LogP) is 4.14. The number of benzene rings is 2. The van der Waals surface area contributed by atoms with E-state index >= 15 is 0 Å². The first-order valence-electron chi connectivity index (χ1n) is 7.80. The van der Waals surface area contributed by atoms with Crippen LogP contribution in [0.4, 0.5) is 0 Å². The Hall–Kier alpha value is -1.96. The second kappa shape index (κ2) is 9.12. The molecule has 8 heteroatoms. The minimum Gasteiger partial charge on any atom is -0.492 e. The second-order valence-electron chi connectivity index (χ2n) is 5.43. The highest BCUT2D eigenvalue weighted by atomic mass is 127. The minimum absolute atomic E-state index is 0.160. The van der Waals surface area contributed by atoms with Gasteiger partial charge in [-0.25, -0.2) is 10.1 Å². The van der Waals surface area contributed by atoms with Crippen molar-refractivity contribution in [2.75, 3.05) is 6.61 Å². The van der Waals surface area contributed by atoms with Crippen molar-refractivity contribution in [2.24, 2.45) is 0 Å². The van der Waals surface area contributed by atoms with Gasteiger partial charge in [-0.15, -0.1) is 0 Å². The van der Waals surface area contributed by atoms with E-state index in [0.717, 1.165) is 17.2 Å². The molecule has 0 aliphatic heterocycles. The number of nitrogens with one attached hydrogen (secondary N) is 1. The number of hydrogen-bond acceptors (Lipinski definition) is 4. The molecule has 0 aliphatic rings. The van der Waals surface area contributed by atoms with Gasteiger partial charge in [0.25, 0.3) is 5.91 Å². The van der Waals surface area contributed by atoms with Crippen LogP contribution in [0.2, 0.25) is 0 Å².